The summed E-state index contributed by atoms with van der Waals surface area (Å²) in [5.41, 5.74) is 0. The van der Waals surface area contributed by atoms with Crippen molar-refractivity contribution < 1.29 is 14.3 Å². The maximum atomic E-state index is 11.6. The van der Waals surface area contributed by atoms with Crippen LogP contribution in [0.1, 0.15) is 26.7 Å². The van der Waals surface area contributed by atoms with E-state index in [0.29, 0.717) is 6.61 Å². The lowest BCUT2D eigenvalue weighted by atomic mass is 9.89. The standard InChI is InChI=1S/C11H17NO3/c1-3-15-11(14)9-6-4-5-7-10(9)12-8(2)13/h5,7,9-10H,3-4,6H2,1-2H3,(H,12,13)/t9-,10+/m1/s1. The summed E-state index contributed by atoms with van der Waals surface area (Å²) in [5.74, 6) is -0.583. The molecule has 0 aromatic rings. The van der Waals surface area contributed by atoms with E-state index in [0.717, 1.165) is 12.8 Å². The fourth-order valence-corrected chi connectivity index (χ4v) is 1.73. The van der Waals surface area contributed by atoms with Crippen molar-refractivity contribution in [3.8, 4) is 0 Å². The summed E-state index contributed by atoms with van der Waals surface area (Å²) in [6.07, 6.45) is 5.45. The van der Waals surface area contributed by atoms with Gasteiger partial charge in [-0.3, -0.25) is 9.59 Å². The molecular formula is C11H17NO3. The Kier molecular flexibility index (Phi) is 4.34. The predicted octanol–water partition coefficient (Wildman–Crippen LogP) is 1.02. The number of hydrogen-bond donors (Lipinski definition) is 1. The number of allylic oxidation sites excluding steroid dienone is 1. The van der Waals surface area contributed by atoms with Crippen molar-refractivity contribution in [3.05, 3.63) is 12.2 Å². The van der Waals surface area contributed by atoms with Crippen molar-refractivity contribution in [2.45, 2.75) is 32.7 Å². The van der Waals surface area contributed by atoms with Crippen LogP contribution >= 0.6 is 0 Å². The lowest BCUT2D eigenvalue weighted by Crippen LogP contribution is -2.43. The quantitative estimate of drug-likeness (QED) is 0.560. The fourth-order valence-electron chi connectivity index (χ4n) is 1.73. The van der Waals surface area contributed by atoms with E-state index in [9.17, 15) is 9.59 Å². The normalized spacial score (nSPS) is 24.7. The molecule has 0 aliphatic heterocycles. The predicted molar refractivity (Wildman–Crippen MR) is 56.1 cm³/mol. The molecule has 1 amide bonds. The first kappa shape index (κ1) is 11.8. The minimum atomic E-state index is -0.237. The summed E-state index contributed by atoms with van der Waals surface area (Å²) in [7, 11) is 0. The van der Waals surface area contributed by atoms with Gasteiger partial charge >= 0.3 is 5.97 Å². The second-order valence-corrected chi connectivity index (χ2v) is 3.59. The molecule has 0 spiro atoms. The number of amides is 1. The van der Waals surface area contributed by atoms with Crippen LogP contribution in [0, 0.1) is 5.92 Å². The van der Waals surface area contributed by atoms with E-state index >= 15 is 0 Å². The zero-order valence-corrected chi connectivity index (χ0v) is 9.16. The van der Waals surface area contributed by atoms with Gasteiger partial charge in [0.25, 0.3) is 0 Å². The highest BCUT2D eigenvalue weighted by Crippen LogP contribution is 2.20. The molecule has 0 aromatic heterocycles. The molecule has 2 atom stereocenters. The first-order valence-electron chi connectivity index (χ1n) is 5.25. The van der Waals surface area contributed by atoms with Gasteiger partial charge in [0.15, 0.2) is 0 Å². The maximum absolute atomic E-state index is 11.6. The van der Waals surface area contributed by atoms with Crippen LogP contribution < -0.4 is 5.32 Å². The van der Waals surface area contributed by atoms with Crippen LogP contribution in [-0.4, -0.2) is 24.5 Å². The Hall–Kier alpha value is -1.32. The number of carbonyl (C=O) groups excluding carboxylic acids is 2. The average Bonchev–Trinajstić information content (AvgIpc) is 2.18. The number of ether oxygens (including phenoxy) is 1. The number of hydrogen-bond acceptors (Lipinski definition) is 3. The van der Waals surface area contributed by atoms with Crippen LogP contribution in [0.3, 0.4) is 0 Å². The Morgan fingerprint density at radius 1 is 1.53 bits per heavy atom. The molecular weight excluding hydrogens is 194 g/mol. The molecule has 1 aliphatic rings. The number of rotatable bonds is 3. The molecule has 0 unspecified atom stereocenters. The van der Waals surface area contributed by atoms with Gasteiger partial charge in [0.1, 0.15) is 0 Å². The Morgan fingerprint density at radius 3 is 2.87 bits per heavy atom. The molecule has 0 bridgehead atoms. The van der Waals surface area contributed by atoms with Crippen molar-refractivity contribution in [2.75, 3.05) is 6.61 Å². The van der Waals surface area contributed by atoms with Crippen LogP contribution in [0.25, 0.3) is 0 Å². The molecule has 4 heteroatoms. The molecule has 0 saturated carbocycles. The summed E-state index contributed by atoms with van der Waals surface area (Å²) >= 11 is 0. The van der Waals surface area contributed by atoms with Crippen molar-refractivity contribution >= 4 is 11.9 Å². The Labute approximate surface area is 89.7 Å². The van der Waals surface area contributed by atoms with E-state index in [1.165, 1.54) is 6.92 Å². The zero-order chi connectivity index (χ0) is 11.3. The van der Waals surface area contributed by atoms with Crippen LogP contribution in [0.5, 0.6) is 0 Å². The average molecular weight is 211 g/mol. The molecule has 15 heavy (non-hydrogen) atoms. The van der Waals surface area contributed by atoms with Gasteiger partial charge in [0, 0.05) is 6.92 Å². The highest BCUT2D eigenvalue weighted by Gasteiger charge is 2.29. The van der Waals surface area contributed by atoms with Gasteiger partial charge in [0.05, 0.1) is 18.6 Å². The van der Waals surface area contributed by atoms with Crippen LogP contribution in [0.4, 0.5) is 0 Å². The molecule has 0 aromatic carbocycles. The summed E-state index contributed by atoms with van der Waals surface area (Å²) in [5, 5.41) is 2.74. The van der Waals surface area contributed by atoms with Crippen LogP contribution in [0.2, 0.25) is 0 Å². The Bertz CT molecular complexity index is 273. The second-order valence-electron chi connectivity index (χ2n) is 3.59. The van der Waals surface area contributed by atoms with Gasteiger partial charge in [-0.2, -0.15) is 0 Å². The van der Waals surface area contributed by atoms with E-state index in [1.54, 1.807) is 6.92 Å². The third kappa shape index (κ3) is 3.38. The molecule has 84 valence electrons. The summed E-state index contributed by atoms with van der Waals surface area (Å²) < 4.78 is 4.97. The van der Waals surface area contributed by atoms with Gasteiger partial charge in [0.2, 0.25) is 5.91 Å². The smallest absolute Gasteiger partial charge is 0.311 e. The lowest BCUT2D eigenvalue weighted by Gasteiger charge is -2.26. The minimum absolute atomic E-state index is 0.124. The molecule has 1 rings (SSSR count). The molecule has 0 saturated heterocycles. The topological polar surface area (TPSA) is 55.4 Å². The summed E-state index contributed by atoms with van der Waals surface area (Å²) in [6.45, 7) is 3.61. The molecule has 1 aliphatic carbocycles. The fraction of sp³-hybridized carbons (Fsp3) is 0.636. The first-order valence-corrected chi connectivity index (χ1v) is 5.25. The SMILES string of the molecule is CCOC(=O)[C@@H]1CCC=C[C@@H]1NC(C)=O. The maximum Gasteiger partial charge on any atom is 0.311 e. The largest absolute Gasteiger partial charge is 0.466 e. The molecule has 4 nitrogen and oxygen atoms in total. The monoisotopic (exact) mass is 211 g/mol. The third-order valence-corrected chi connectivity index (χ3v) is 2.38. The first-order chi connectivity index (χ1) is 7.15. The number of nitrogens with one attached hydrogen (secondary N) is 1. The van der Waals surface area contributed by atoms with Gasteiger partial charge in [-0.05, 0) is 19.8 Å². The van der Waals surface area contributed by atoms with Crippen LogP contribution in [0.15, 0.2) is 12.2 Å². The van der Waals surface area contributed by atoms with Gasteiger partial charge in [-0.1, -0.05) is 12.2 Å². The summed E-state index contributed by atoms with van der Waals surface area (Å²) in [4.78, 5) is 22.5. The van der Waals surface area contributed by atoms with Crippen molar-refractivity contribution in [2.24, 2.45) is 5.92 Å². The lowest BCUT2D eigenvalue weighted by molar-refractivity contribution is -0.149. The van der Waals surface area contributed by atoms with Crippen molar-refractivity contribution in [3.63, 3.8) is 0 Å². The third-order valence-electron chi connectivity index (χ3n) is 2.38. The van der Waals surface area contributed by atoms with Gasteiger partial charge in [-0.15, -0.1) is 0 Å². The van der Waals surface area contributed by atoms with E-state index < -0.39 is 0 Å². The highest BCUT2D eigenvalue weighted by atomic mass is 16.5. The van der Waals surface area contributed by atoms with Crippen LogP contribution in [-0.2, 0) is 14.3 Å². The number of esters is 1. The van der Waals surface area contributed by atoms with E-state index in [1.807, 2.05) is 12.2 Å². The van der Waals surface area contributed by atoms with Gasteiger partial charge in [-0.25, -0.2) is 0 Å². The Balaban J connectivity index is 2.63. The van der Waals surface area contributed by atoms with E-state index in [4.69, 9.17) is 4.74 Å². The van der Waals surface area contributed by atoms with Crippen molar-refractivity contribution in [1.29, 1.82) is 0 Å². The Morgan fingerprint density at radius 2 is 2.27 bits per heavy atom. The van der Waals surface area contributed by atoms with Crippen molar-refractivity contribution in [1.82, 2.24) is 5.32 Å². The molecule has 0 radical (unpaired) electrons. The van der Waals surface area contributed by atoms with Gasteiger partial charge < -0.3 is 10.1 Å². The zero-order valence-electron chi connectivity index (χ0n) is 9.16. The molecule has 0 fully saturated rings. The second kappa shape index (κ2) is 5.53. The summed E-state index contributed by atoms with van der Waals surface area (Å²) in [6, 6.07) is -0.213. The van der Waals surface area contributed by atoms with E-state index in [-0.39, 0.29) is 23.8 Å². The molecule has 1 N–H and O–H groups in total. The highest BCUT2D eigenvalue weighted by molar-refractivity contribution is 5.77. The number of carbonyl (C=O) groups is 2. The molecule has 0 heterocycles. The minimum Gasteiger partial charge on any atom is -0.466 e. The van der Waals surface area contributed by atoms with E-state index in [2.05, 4.69) is 5.32 Å².